The lowest BCUT2D eigenvalue weighted by Gasteiger charge is -2.30. The normalized spacial score (nSPS) is 21.8. The highest BCUT2D eigenvalue weighted by molar-refractivity contribution is 5.69. The first-order valence-electron chi connectivity index (χ1n) is 8.19. The molecule has 1 N–H and O–H groups in total. The maximum absolute atomic E-state index is 12.8. The standard InChI is InChI=1S/C18H22F3N3/c1-13(24-10-4-3-5-11-24)14-6-8-15(9-7-14)16-12-17(18(19,20)21)22-23(16)2/h6-9,12,17,22H,1,3-5,10-11H2,2H3. The average molecular weight is 337 g/mol. The van der Waals surface area contributed by atoms with E-state index in [1.54, 1.807) is 7.05 Å². The fourth-order valence-electron chi connectivity index (χ4n) is 3.22. The van der Waals surface area contributed by atoms with Crippen molar-refractivity contribution >= 4 is 11.4 Å². The lowest BCUT2D eigenvalue weighted by atomic mass is 10.0. The molecule has 0 amide bonds. The van der Waals surface area contributed by atoms with Crippen molar-refractivity contribution in [1.82, 2.24) is 15.3 Å². The number of rotatable bonds is 3. The molecule has 2 aliphatic rings. The monoisotopic (exact) mass is 337 g/mol. The number of hydrazine groups is 1. The predicted octanol–water partition coefficient (Wildman–Crippen LogP) is 3.87. The fourth-order valence-corrected chi connectivity index (χ4v) is 3.22. The molecule has 130 valence electrons. The quantitative estimate of drug-likeness (QED) is 0.903. The summed E-state index contributed by atoms with van der Waals surface area (Å²) in [6.45, 7) is 6.21. The minimum absolute atomic E-state index is 0.535. The molecule has 6 heteroatoms. The first-order valence-corrected chi connectivity index (χ1v) is 8.19. The third-order valence-corrected chi connectivity index (χ3v) is 4.62. The van der Waals surface area contributed by atoms with E-state index >= 15 is 0 Å². The Morgan fingerprint density at radius 2 is 1.75 bits per heavy atom. The lowest BCUT2D eigenvalue weighted by molar-refractivity contribution is -0.148. The van der Waals surface area contributed by atoms with Crippen molar-refractivity contribution in [2.45, 2.75) is 31.5 Å². The minimum atomic E-state index is -4.29. The van der Waals surface area contributed by atoms with Gasteiger partial charge in [-0.05, 0) is 36.5 Å². The Kier molecular flexibility index (Phi) is 4.58. The van der Waals surface area contributed by atoms with E-state index in [1.807, 2.05) is 24.3 Å². The Bertz CT molecular complexity index is 628. The van der Waals surface area contributed by atoms with Gasteiger partial charge in [0.15, 0.2) is 0 Å². The number of piperidine rings is 1. The molecule has 0 bridgehead atoms. The van der Waals surface area contributed by atoms with Crippen LogP contribution in [0.25, 0.3) is 11.4 Å². The van der Waals surface area contributed by atoms with Gasteiger partial charge in [-0.2, -0.15) is 13.2 Å². The van der Waals surface area contributed by atoms with Crippen LogP contribution in [0, 0.1) is 0 Å². The van der Waals surface area contributed by atoms with Crippen molar-refractivity contribution in [2.75, 3.05) is 20.1 Å². The zero-order valence-electron chi connectivity index (χ0n) is 13.7. The zero-order chi connectivity index (χ0) is 17.3. The number of halogens is 3. The Balaban J connectivity index is 1.76. The van der Waals surface area contributed by atoms with E-state index < -0.39 is 12.2 Å². The van der Waals surface area contributed by atoms with Gasteiger partial charge in [-0.25, -0.2) is 5.43 Å². The summed E-state index contributed by atoms with van der Waals surface area (Å²) < 4.78 is 38.5. The first kappa shape index (κ1) is 16.9. The second-order valence-corrected chi connectivity index (χ2v) is 6.33. The Labute approximate surface area is 140 Å². The Morgan fingerprint density at radius 1 is 1.12 bits per heavy atom. The molecule has 2 heterocycles. The smallest absolute Gasteiger partial charge is 0.372 e. The van der Waals surface area contributed by atoms with Gasteiger partial charge in [0.05, 0.1) is 5.70 Å². The predicted molar refractivity (Wildman–Crippen MR) is 89.6 cm³/mol. The highest BCUT2D eigenvalue weighted by atomic mass is 19.4. The summed E-state index contributed by atoms with van der Waals surface area (Å²) >= 11 is 0. The highest BCUT2D eigenvalue weighted by Crippen LogP contribution is 2.31. The number of nitrogens with zero attached hydrogens (tertiary/aromatic N) is 2. The van der Waals surface area contributed by atoms with Gasteiger partial charge in [0.1, 0.15) is 6.04 Å². The van der Waals surface area contributed by atoms with Crippen molar-refractivity contribution < 1.29 is 13.2 Å². The van der Waals surface area contributed by atoms with Gasteiger partial charge in [-0.15, -0.1) is 0 Å². The van der Waals surface area contributed by atoms with E-state index in [1.165, 1.54) is 30.3 Å². The van der Waals surface area contributed by atoms with Gasteiger partial charge < -0.3 is 9.91 Å². The summed E-state index contributed by atoms with van der Waals surface area (Å²) in [6, 6.07) is 5.94. The summed E-state index contributed by atoms with van der Waals surface area (Å²) in [5.41, 5.74) is 5.72. The molecular weight excluding hydrogens is 315 g/mol. The summed E-state index contributed by atoms with van der Waals surface area (Å²) in [7, 11) is 1.60. The maximum Gasteiger partial charge on any atom is 0.409 e. The Morgan fingerprint density at radius 3 is 2.29 bits per heavy atom. The van der Waals surface area contributed by atoms with Crippen LogP contribution in [-0.2, 0) is 0 Å². The second-order valence-electron chi connectivity index (χ2n) is 6.33. The summed E-state index contributed by atoms with van der Waals surface area (Å²) in [4.78, 5) is 2.28. The summed E-state index contributed by atoms with van der Waals surface area (Å²) in [6.07, 6.45) is 0.544. The van der Waals surface area contributed by atoms with Crippen LogP contribution in [0.15, 0.2) is 36.9 Å². The molecule has 1 fully saturated rings. The van der Waals surface area contributed by atoms with E-state index in [9.17, 15) is 13.2 Å². The third-order valence-electron chi connectivity index (χ3n) is 4.62. The van der Waals surface area contributed by atoms with Crippen LogP contribution in [0.5, 0.6) is 0 Å². The summed E-state index contributed by atoms with van der Waals surface area (Å²) in [5.74, 6) is 0. The second kappa shape index (κ2) is 6.51. The van der Waals surface area contributed by atoms with Crippen molar-refractivity contribution in [1.29, 1.82) is 0 Å². The molecular formula is C18H22F3N3. The van der Waals surface area contributed by atoms with Crippen LogP contribution in [0.4, 0.5) is 13.2 Å². The zero-order valence-corrected chi connectivity index (χ0v) is 13.7. The number of alkyl halides is 3. The van der Waals surface area contributed by atoms with E-state index in [0.717, 1.165) is 29.9 Å². The van der Waals surface area contributed by atoms with Gasteiger partial charge in [0.25, 0.3) is 0 Å². The van der Waals surface area contributed by atoms with Crippen LogP contribution in [0.2, 0.25) is 0 Å². The number of nitrogens with one attached hydrogen (secondary N) is 1. The lowest BCUT2D eigenvalue weighted by Crippen LogP contribution is -2.42. The molecule has 3 nitrogen and oxygen atoms in total. The van der Waals surface area contributed by atoms with Crippen molar-refractivity contribution in [3.05, 3.63) is 48.0 Å². The molecule has 0 spiro atoms. The first-order chi connectivity index (χ1) is 11.4. The SMILES string of the molecule is C=C(c1ccc(C2=CC(C(F)(F)F)NN2C)cc1)N1CCCCC1. The van der Waals surface area contributed by atoms with E-state index in [4.69, 9.17) is 0 Å². The minimum Gasteiger partial charge on any atom is -0.372 e. The Hall–Kier alpha value is -1.95. The molecule has 0 radical (unpaired) electrons. The van der Waals surface area contributed by atoms with Crippen LogP contribution in [0.3, 0.4) is 0 Å². The van der Waals surface area contributed by atoms with Gasteiger partial charge in [-0.1, -0.05) is 30.8 Å². The topological polar surface area (TPSA) is 18.5 Å². The molecule has 1 aromatic carbocycles. The van der Waals surface area contributed by atoms with Crippen LogP contribution < -0.4 is 5.43 Å². The average Bonchev–Trinajstić information content (AvgIpc) is 2.97. The van der Waals surface area contributed by atoms with Crippen LogP contribution >= 0.6 is 0 Å². The molecule has 2 aliphatic heterocycles. The summed E-state index contributed by atoms with van der Waals surface area (Å²) in [5, 5.41) is 1.42. The van der Waals surface area contributed by atoms with Crippen LogP contribution in [-0.4, -0.2) is 42.3 Å². The van der Waals surface area contributed by atoms with Crippen molar-refractivity contribution in [3.63, 3.8) is 0 Å². The molecule has 1 atom stereocenters. The number of benzene rings is 1. The van der Waals surface area contributed by atoms with Gasteiger partial charge in [0, 0.05) is 25.8 Å². The van der Waals surface area contributed by atoms with Gasteiger partial charge in [0.2, 0.25) is 0 Å². The maximum atomic E-state index is 12.8. The van der Waals surface area contributed by atoms with Crippen molar-refractivity contribution in [3.8, 4) is 0 Å². The molecule has 3 rings (SSSR count). The van der Waals surface area contributed by atoms with Crippen LogP contribution in [0.1, 0.15) is 30.4 Å². The largest absolute Gasteiger partial charge is 0.409 e. The third kappa shape index (κ3) is 3.43. The molecule has 0 aromatic heterocycles. The number of likely N-dealkylation sites (tertiary alicyclic amines) is 1. The van der Waals surface area contributed by atoms with Gasteiger partial charge in [-0.3, -0.25) is 0 Å². The van der Waals surface area contributed by atoms with Gasteiger partial charge >= 0.3 is 6.18 Å². The fraction of sp³-hybridized carbons (Fsp3) is 0.444. The molecule has 1 aromatic rings. The molecule has 1 unspecified atom stereocenters. The molecule has 0 aliphatic carbocycles. The molecule has 24 heavy (non-hydrogen) atoms. The number of hydrogen-bond donors (Lipinski definition) is 1. The molecule has 0 saturated carbocycles. The van der Waals surface area contributed by atoms with E-state index in [-0.39, 0.29) is 0 Å². The van der Waals surface area contributed by atoms with Crippen molar-refractivity contribution in [2.24, 2.45) is 0 Å². The van der Waals surface area contributed by atoms with E-state index in [2.05, 4.69) is 16.9 Å². The number of hydrogen-bond acceptors (Lipinski definition) is 3. The highest BCUT2D eigenvalue weighted by Gasteiger charge is 2.42. The van der Waals surface area contributed by atoms with E-state index in [0.29, 0.717) is 5.70 Å². The molecule has 1 saturated heterocycles.